The van der Waals surface area contributed by atoms with Crippen LogP contribution in [-0.4, -0.2) is 23.0 Å². The number of carbonyl (C=O) groups is 1. The topological polar surface area (TPSA) is 78.1 Å². The third-order valence-corrected chi connectivity index (χ3v) is 1.85. The molecule has 1 aromatic heterocycles. The highest BCUT2D eigenvalue weighted by molar-refractivity contribution is 5.72. The zero-order chi connectivity index (χ0) is 11.3. The Morgan fingerprint density at radius 3 is 3.00 bits per heavy atom. The molecule has 15 heavy (non-hydrogen) atoms. The highest BCUT2D eigenvalue weighted by Gasteiger charge is 1.98. The molecule has 1 aromatic rings. The average Bonchev–Trinajstić information content (AvgIpc) is 2.21. The molecule has 5 nitrogen and oxygen atoms in total. The number of nitrogens with zero attached hydrogens (tertiary/aromatic N) is 2. The number of methoxy groups -OCH3 is 1. The Morgan fingerprint density at radius 2 is 2.40 bits per heavy atom. The number of nitrogen functional groups attached to an aromatic ring is 1. The van der Waals surface area contributed by atoms with Crippen LogP contribution in [-0.2, 0) is 9.53 Å². The smallest absolute Gasteiger partial charge is 0.309 e. The van der Waals surface area contributed by atoms with Gasteiger partial charge in [-0.15, -0.1) is 0 Å². The molecule has 0 amide bonds. The molecule has 0 fully saturated rings. The van der Waals surface area contributed by atoms with Gasteiger partial charge in [-0.1, -0.05) is 12.2 Å². The van der Waals surface area contributed by atoms with E-state index >= 15 is 0 Å². The molecule has 80 valence electrons. The number of rotatable bonds is 3. The summed E-state index contributed by atoms with van der Waals surface area (Å²) in [6, 6.07) is 0. The van der Waals surface area contributed by atoms with Crippen LogP contribution in [0.5, 0.6) is 0 Å². The highest BCUT2D eigenvalue weighted by atomic mass is 16.5. The lowest BCUT2D eigenvalue weighted by Crippen LogP contribution is -1.98. The van der Waals surface area contributed by atoms with Crippen molar-refractivity contribution in [1.29, 1.82) is 0 Å². The van der Waals surface area contributed by atoms with Crippen molar-refractivity contribution in [3.05, 3.63) is 23.5 Å². The summed E-state index contributed by atoms with van der Waals surface area (Å²) in [5.74, 6) is -0.0297. The molecule has 1 rings (SSSR count). The molecule has 0 aliphatic carbocycles. The molecular weight excluding hydrogens is 194 g/mol. The van der Waals surface area contributed by atoms with Crippen LogP contribution in [0.25, 0.3) is 6.08 Å². The molecule has 0 spiro atoms. The van der Waals surface area contributed by atoms with Crippen molar-refractivity contribution in [2.24, 2.45) is 0 Å². The Bertz CT molecular complexity index is 388. The van der Waals surface area contributed by atoms with Gasteiger partial charge in [-0.05, 0) is 6.92 Å². The monoisotopic (exact) mass is 207 g/mol. The van der Waals surface area contributed by atoms with E-state index in [0.29, 0.717) is 0 Å². The van der Waals surface area contributed by atoms with Gasteiger partial charge < -0.3 is 10.5 Å². The van der Waals surface area contributed by atoms with E-state index in [-0.39, 0.29) is 18.3 Å². The van der Waals surface area contributed by atoms with Crippen molar-refractivity contribution in [3.63, 3.8) is 0 Å². The number of carbonyl (C=O) groups excluding carboxylic acids is 1. The lowest BCUT2D eigenvalue weighted by molar-refractivity contribution is -0.139. The fraction of sp³-hybridized carbons (Fsp3) is 0.300. The Labute approximate surface area is 88.0 Å². The Kier molecular flexibility index (Phi) is 3.79. The summed E-state index contributed by atoms with van der Waals surface area (Å²) in [4.78, 5) is 18.7. The standard InChI is InChI=1S/C10H13N3O2/c1-7-8(6-12-10(11)13-7)4-3-5-9(14)15-2/h3-4,6H,5H2,1-2H3,(H2,11,12,13). The Morgan fingerprint density at radius 1 is 1.67 bits per heavy atom. The zero-order valence-electron chi connectivity index (χ0n) is 8.73. The van der Waals surface area contributed by atoms with Gasteiger partial charge in [-0.25, -0.2) is 9.97 Å². The van der Waals surface area contributed by atoms with E-state index in [0.717, 1.165) is 11.3 Å². The average molecular weight is 207 g/mol. The van der Waals surface area contributed by atoms with Crippen LogP contribution in [0.3, 0.4) is 0 Å². The van der Waals surface area contributed by atoms with Crippen LogP contribution in [0.4, 0.5) is 5.95 Å². The van der Waals surface area contributed by atoms with E-state index in [9.17, 15) is 4.79 Å². The lowest BCUT2D eigenvalue weighted by Gasteiger charge is -1.99. The van der Waals surface area contributed by atoms with Crippen molar-refractivity contribution in [2.45, 2.75) is 13.3 Å². The Hall–Kier alpha value is -1.91. The van der Waals surface area contributed by atoms with Gasteiger partial charge in [0.2, 0.25) is 5.95 Å². The number of nitrogens with two attached hydrogens (primary N) is 1. The predicted molar refractivity (Wildman–Crippen MR) is 56.8 cm³/mol. The number of aryl methyl sites for hydroxylation is 1. The predicted octanol–water partition coefficient (Wildman–Crippen LogP) is 0.944. The number of aromatic nitrogens is 2. The van der Waals surface area contributed by atoms with Crippen LogP contribution in [0.15, 0.2) is 12.3 Å². The van der Waals surface area contributed by atoms with Gasteiger partial charge in [0.1, 0.15) is 0 Å². The molecule has 0 bridgehead atoms. The molecule has 0 saturated heterocycles. The third-order valence-electron chi connectivity index (χ3n) is 1.85. The van der Waals surface area contributed by atoms with Gasteiger partial charge >= 0.3 is 5.97 Å². The van der Waals surface area contributed by atoms with Gasteiger partial charge in [0.15, 0.2) is 0 Å². The minimum Gasteiger partial charge on any atom is -0.469 e. The quantitative estimate of drug-likeness (QED) is 0.746. The molecule has 0 saturated carbocycles. The minimum atomic E-state index is -0.278. The fourth-order valence-corrected chi connectivity index (χ4v) is 1.02. The van der Waals surface area contributed by atoms with Crippen LogP contribution in [0, 0.1) is 6.92 Å². The second kappa shape index (κ2) is 5.09. The second-order valence-corrected chi connectivity index (χ2v) is 2.95. The summed E-state index contributed by atoms with van der Waals surface area (Å²) < 4.78 is 4.50. The molecule has 2 N–H and O–H groups in total. The number of hydrogen-bond acceptors (Lipinski definition) is 5. The summed E-state index contributed by atoms with van der Waals surface area (Å²) >= 11 is 0. The highest BCUT2D eigenvalue weighted by Crippen LogP contribution is 2.07. The number of ether oxygens (including phenoxy) is 1. The molecule has 1 heterocycles. The van der Waals surface area contributed by atoms with E-state index in [2.05, 4.69) is 14.7 Å². The van der Waals surface area contributed by atoms with Crippen LogP contribution >= 0.6 is 0 Å². The summed E-state index contributed by atoms with van der Waals surface area (Å²) in [6.07, 6.45) is 5.32. The van der Waals surface area contributed by atoms with Gasteiger partial charge in [0, 0.05) is 11.8 Å². The van der Waals surface area contributed by atoms with Gasteiger partial charge in [0.05, 0.1) is 19.2 Å². The summed E-state index contributed by atoms with van der Waals surface area (Å²) in [7, 11) is 1.35. The maximum atomic E-state index is 10.8. The first-order chi connectivity index (χ1) is 7.13. The molecule has 0 aliphatic rings. The van der Waals surface area contributed by atoms with Crippen molar-refractivity contribution in [1.82, 2.24) is 9.97 Å². The van der Waals surface area contributed by atoms with E-state index in [1.807, 2.05) is 6.92 Å². The molecule has 0 radical (unpaired) electrons. The first-order valence-corrected chi connectivity index (χ1v) is 4.46. The molecule has 5 heteroatoms. The largest absolute Gasteiger partial charge is 0.469 e. The van der Waals surface area contributed by atoms with Crippen LogP contribution in [0.1, 0.15) is 17.7 Å². The minimum absolute atomic E-state index is 0.236. The maximum Gasteiger partial charge on any atom is 0.309 e. The zero-order valence-corrected chi connectivity index (χ0v) is 8.73. The summed E-state index contributed by atoms with van der Waals surface area (Å²) in [5, 5.41) is 0. The second-order valence-electron chi connectivity index (χ2n) is 2.95. The molecule has 0 unspecified atom stereocenters. The van der Waals surface area contributed by atoms with E-state index < -0.39 is 0 Å². The van der Waals surface area contributed by atoms with Crippen molar-refractivity contribution >= 4 is 18.0 Å². The SMILES string of the molecule is COC(=O)CC=Cc1cnc(N)nc1C. The van der Waals surface area contributed by atoms with Crippen molar-refractivity contribution in [2.75, 3.05) is 12.8 Å². The molecule has 0 aliphatic heterocycles. The van der Waals surface area contributed by atoms with Crippen molar-refractivity contribution in [3.8, 4) is 0 Å². The summed E-state index contributed by atoms with van der Waals surface area (Å²) in [6.45, 7) is 1.83. The number of esters is 1. The van der Waals surface area contributed by atoms with Crippen LogP contribution < -0.4 is 5.73 Å². The van der Waals surface area contributed by atoms with E-state index in [4.69, 9.17) is 5.73 Å². The first kappa shape index (κ1) is 11.2. The van der Waals surface area contributed by atoms with Crippen molar-refractivity contribution < 1.29 is 9.53 Å². The number of hydrogen-bond donors (Lipinski definition) is 1. The molecule has 0 atom stereocenters. The van der Waals surface area contributed by atoms with Gasteiger partial charge in [0.25, 0.3) is 0 Å². The first-order valence-electron chi connectivity index (χ1n) is 4.46. The summed E-state index contributed by atoms with van der Waals surface area (Å²) in [5.41, 5.74) is 7.03. The Balaban J connectivity index is 2.68. The van der Waals surface area contributed by atoms with E-state index in [1.165, 1.54) is 7.11 Å². The van der Waals surface area contributed by atoms with Gasteiger partial charge in [-0.3, -0.25) is 4.79 Å². The molecule has 0 aromatic carbocycles. The lowest BCUT2D eigenvalue weighted by atomic mass is 10.2. The molecular formula is C10H13N3O2. The normalized spacial score (nSPS) is 10.5. The fourth-order valence-electron chi connectivity index (χ4n) is 1.02. The number of anilines is 1. The maximum absolute atomic E-state index is 10.8. The van der Waals surface area contributed by atoms with Crippen LogP contribution in [0.2, 0.25) is 0 Å². The third kappa shape index (κ3) is 3.38. The van der Waals surface area contributed by atoms with Gasteiger partial charge in [-0.2, -0.15) is 0 Å². The van der Waals surface area contributed by atoms with E-state index in [1.54, 1.807) is 18.3 Å².